The Bertz CT molecular complexity index is 2540. The Balaban J connectivity index is 0.917. The van der Waals surface area contributed by atoms with Gasteiger partial charge in [0.25, 0.3) is 5.92 Å². The van der Waals surface area contributed by atoms with Crippen LogP contribution >= 0.6 is 0 Å². The number of alkyl halides is 2. The van der Waals surface area contributed by atoms with E-state index in [1.165, 1.54) is 20.3 Å². The van der Waals surface area contributed by atoms with Gasteiger partial charge in [0.1, 0.15) is 24.1 Å². The van der Waals surface area contributed by atoms with Crippen LogP contribution in [0.15, 0.2) is 60.8 Å². The molecule has 65 heavy (non-hydrogen) atoms. The number of aromatic amines is 1. The van der Waals surface area contributed by atoms with E-state index in [2.05, 4.69) is 38.2 Å². The number of imidazole rings is 1. The largest absolute Gasteiger partial charge is 0.453 e. The van der Waals surface area contributed by atoms with Gasteiger partial charge in [0.2, 0.25) is 11.8 Å². The zero-order chi connectivity index (χ0) is 46.1. The van der Waals surface area contributed by atoms with Crippen LogP contribution in [-0.4, -0.2) is 94.9 Å². The number of piperidine rings is 1. The first-order valence-electron chi connectivity index (χ1n) is 22.7. The molecule has 4 amide bonds. The molecule has 5 aliphatic rings. The number of likely N-dealkylation sites (tertiary alicyclic amines) is 1. The van der Waals surface area contributed by atoms with E-state index in [0.717, 1.165) is 49.0 Å². The van der Waals surface area contributed by atoms with Gasteiger partial charge in [-0.15, -0.1) is 0 Å². The molecule has 2 aliphatic heterocycles. The normalized spacial score (nSPS) is 22.3. The van der Waals surface area contributed by atoms with Crippen LogP contribution in [-0.2, 0) is 31.5 Å². The van der Waals surface area contributed by atoms with Crippen molar-refractivity contribution in [1.29, 1.82) is 0 Å². The molecular formula is C49H58F2N8O6. The minimum absolute atomic E-state index is 0.0266. The van der Waals surface area contributed by atoms with Crippen LogP contribution in [0.5, 0.6) is 0 Å². The summed E-state index contributed by atoms with van der Waals surface area (Å²) in [6, 6.07) is 14.5. The Morgan fingerprint density at radius 3 is 2.08 bits per heavy atom. The van der Waals surface area contributed by atoms with Crippen LogP contribution in [0.25, 0.3) is 33.5 Å². The molecule has 6 atom stereocenters. The van der Waals surface area contributed by atoms with E-state index < -0.39 is 30.2 Å². The summed E-state index contributed by atoms with van der Waals surface area (Å²) in [5.41, 5.74) is 4.91. The number of ether oxygens (including phenoxy) is 2. The SMILES string of the molecule is COC(=O)NC(C(=O)N(Cc1ncc(-c2ccc3c(c2)C(F)(F)c2cc(-c4ccc5c(c4)NC(C4C6CCC(C6)N4C(=O)[C@@H](NC(=O)OC)C(C)C)N5)ccc2-3)[nH]1)CC1(C)CC1)C(C)C. The number of alkyl carbamates (subject to hydrolysis) is 2. The molecule has 5 N–H and O–H groups in total. The molecule has 1 aromatic heterocycles. The molecular weight excluding hydrogens is 835 g/mol. The molecule has 4 aromatic rings. The Morgan fingerprint density at radius 2 is 1.43 bits per heavy atom. The average molecular weight is 893 g/mol. The number of carbonyl (C=O) groups is 4. The maximum Gasteiger partial charge on any atom is 0.407 e. The number of anilines is 2. The fourth-order valence-electron chi connectivity index (χ4n) is 10.4. The monoisotopic (exact) mass is 892 g/mol. The molecule has 3 aromatic carbocycles. The third kappa shape index (κ3) is 8.13. The number of halogens is 2. The van der Waals surface area contributed by atoms with Gasteiger partial charge in [0.05, 0.1) is 50.1 Å². The minimum atomic E-state index is -3.28. The van der Waals surface area contributed by atoms with Crippen molar-refractivity contribution in [2.24, 2.45) is 23.2 Å². The van der Waals surface area contributed by atoms with Gasteiger partial charge in [0, 0.05) is 29.3 Å². The van der Waals surface area contributed by atoms with Crippen molar-refractivity contribution in [2.75, 3.05) is 31.4 Å². The molecule has 3 fully saturated rings. The first kappa shape index (κ1) is 44.0. The highest BCUT2D eigenvalue weighted by Gasteiger charge is 2.54. The number of carbonyl (C=O) groups excluding carboxylic acids is 4. The van der Waals surface area contributed by atoms with Crippen molar-refractivity contribution in [1.82, 2.24) is 30.4 Å². The molecule has 0 radical (unpaired) electrons. The predicted molar refractivity (Wildman–Crippen MR) is 242 cm³/mol. The van der Waals surface area contributed by atoms with Crippen molar-refractivity contribution in [3.05, 3.63) is 77.7 Å². The van der Waals surface area contributed by atoms with Crippen molar-refractivity contribution >= 4 is 35.4 Å². The Hall–Kier alpha value is -6.19. The summed E-state index contributed by atoms with van der Waals surface area (Å²) in [5, 5.41) is 12.6. The lowest BCUT2D eigenvalue weighted by Gasteiger charge is -2.41. The van der Waals surface area contributed by atoms with Crippen molar-refractivity contribution in [3.8, 4) is 33.5 Å². The van der Waals surface area contributed by atoms with Gasteiger partial charge in [-0.1, -0.05) is 65.0 Å². The molecule has 3 aliphatic carbocycles. The Labute approximate surface area is 377 Å². The topological polar surface area (TPSA) is 170 Å². The van der Waals surface area contributed by atoms with Gasteiger partial charge in [-0.3, -0.25) is 9.59 Å². The maximum absolute atomic E-state index is 16.6. The zero-order valence-corrected chi connectivity index (χ0v) is 37.9. The number of hydrogen-bond donors (Lipinski definition) is 5. The van der Waals surface area contributed by atoms with Crippen molar-refractivity contribution in [3.63, 3.8) is 0 Å². The second kappa shape index (κ2) is 16.7. The van der Waals surface area contributed by atoms with E-state index >= 15 is 8.78 Å². The summed E-state index contributed by atoms with van der Waals surface area (Å²) in [4.78, 5) is 63.8. The lowest BCUT2D eigenvalue weighted by atomic mass is 9.94. The van der Waals surface area contributed by atoms with Gasteiger partial charge in [-0.2, -0.15) is 8.78 Å². The molecule has 344 valence electrons. The number of hydrogen-bond acceptors (Lipinski definition) is 9. The number of benzene rings is 3. The molecule has 1 saturated heterocycles. The summed E-state index contributed by atoms with van der Waals surface area (Å²) in [6.07, 6.45) is 4.79. The number of amides is 4. The van der Waals surface area contributed by atoms with Crippen LogP contribution in [0.3, 0.4) is 0 Å². The Morgan fingerprint density at radius 1 is 0.831 bits per heavy atom. The van der Waals surface area contributed by atoms with Gasteiger partial charge >= 0.3 is 12.2 Å². The number of nitrogens with zero attached hydrogens (tertiary/aromatic N) is 3. The molecule has 2 bridgehead atoms. The summed E-state index contributed by atoms with van der Waals surface area (Å²) < 4.78 is 42.9. The predicted octanol–water partition coefficient (Wildman–Crippen LogP) is 8.30. The summed E-state index contributed by atoms with van der Waals surface area (Å²) in [5.74, 6) is -3.20. The standard InChI is InChI=1S/C49H58F2N8O6/c1-25(2)40(56-46(62)64-6)44(60)58(24-48(5)16-17-48)23-39-52-22-38(53-39)29-10-14-33-32-13-9-27(19-34(32)49(50,51)35(33)20-29)28-11-15-36-37(21-28)55-43(54-36)42-30-8-12-31(18-30)59(42)45(61)41(26(3)4)57-47(63)65-7/h9-11,13-15,19-22,25-26,30-31,40-43,54-55H,8,12,16-18,23-24H2,1-7H3,(H,52,53)(H,56,62)(H,57,63)/t30?,31?,40?,41-,42?,43?/m0/s1. The highest BCUT2D eigenvalue weighted by Crippen LogP contribution is 2.53. The highest BCUT2D eigenvalue weighted by atomic mass is 19.3. The van der Waals surface area contributed by atoms with Gasteiger partial charge in [0.15, 0.2) is 0 Å². The summed E-state index contributed by atoms with van der Waals surface area (Å²) in [7, 11) is 2.54. The fourth-order valence-corrected chi connectivity index (χ4v) is 10.4. The lowest BCUT2D eigenvalue weighted by Crippen LogP contribution is -2.60. The van der Waals surface area contributed by atoms with Crippen molar-refractivity contribution < 1.29 is 37.4 Å². The average Bonchev–Trinajstić information content (AvgIpc) is 3.86. The minimum Gasteiger partial charge on any atom is -0.453 e. The van der Waals surface area contributed by atoms with Crippen LogP contribution in [0.1, 0.15) is 83.7 Å². The molecule has 9 rings (SSSR count). The number of fused-ring (bicyclic) bond motifs is 6. The van der Waals surface area contributed by atoms with Gasteiger partial charge in [-0.25, -0.2) is 14.6 Å². The van der Waals surface area contributed by atoms with E-state index in [-0.39, 0.29) is 70.9 Å². The Kier molecular flexibility index (Phi) is 11.3. The van der Waals surface area contributed by atoms with Crippen LogP contribution in [0.4, 0.5) is 29.7 Å². The number of methoxy groups -OCH3 is 2. The molecule has 5 unspecified atom stereocenters. The van der Waals surface area contributed by atoms with E-state index in [9.17, 15) is 19.2 Å². The van der Waals surface area contributed by atoms with Gasteiger partial charge in [-0.05, 0) is 102 Å². The van der Waals surface area contributed by atoms with E-state index in [1.54, 1.807) is 35.4 Å². The zero-order valence-electron chi connectivity index (χ0n) is 37.9. The molecule has 3 heterocycles. The van der Waals surface area contributed by atoms with E-state index in [0.29, 0.717) is 40.3 Å². The first-order valence-corrected chi connectivity index (χ1v) is 22.7. The van der Waals surface area contributed by atoms with Crippen LogP contribution in [0.2, 0.25) is 0 Å². The lowest BCUT2D eigenvalue weighted by molar-refractivity contribution is -0.139. The number of H-pyrrole nitrogens is 1. The highest BCUT2D eigenvalue weighted by molar-refractivity contribution is 5.89. The third-order valence-corrected chi connectivity index (χ3v) is 14.3. The maximum atomic E-state index is 16.6. The quantitative estimate of drug-likeness (QED) is 0.0887. The third-order valence-electron chi connectivity index (χ3n) is 14.3. The summed E-state index contributed by atoms with van der Waals surface area (Å²) >= 11 is 0. The van der Waals surface area contributed by atoms with E-state index in [4.69, 9.17) is 9.47 Å². The summed E-state index contributed by atoms with van der Waals surface area (Å²) in [6.45, 7) is 10.3. The molecule has 2 saturated carbocycles. The number of aromatic nitrogens is 2. The van der Waals surface area contributed by atoms with Crippen LogP contribution in [0, 0.1) is 23.2 Å². The number of nitrogens with one attached hydrogen (secondary N) is 5. The second-order valence-electron chi connectivity index (χ2n) is 19.5. The van der Waals surface area contributed by atoms with Crippen LogP contribution < -0.4 is 21.3 Å². The molecule has 16 heteroatoms. The first-order chi connectivity index (χ1) is 31.0. The smallest absolute Gasteiger partial charge is 0.407 e. The molecule has 14 nitrogen and oxygen atoms in total. The van der Waals surface area contributed by atoms with Crippen molar-refractivity contribution in [2.45, 2.75) is 110 Å². The fraction of sp³-hybridized carbons (Fsp3) is 0.490. The van der Waals surface area contributed by atoms with E-state index in [1.807, 2.05) is 56.9 Å². The molecule has 0 spiro atoms. The van der Waals surface area contributed by atoms with Gasteiger partial charge < -0.3 is 45.5 Å². The second-order valence-corrected chi connectivity index (χ2v) is 19.5. The number of rotatable bonds is 13.